The number of rotatable bonds is 5. The van der Waals surface area contributed by atoms with Crippen LogP contribution in [-0.2, 0) is 13.6 Å². The summed E-state index contributed by atoms with van der Waals surface area (Å²) in [4.78, 5) is 8.99. The van der Waals surface area contributed by atoms with E-state index >= 15 is 0 Å². The van der Waals surface area contributed by atoms with Crippen LogP contribution in [0.1, 0.15) is 17.5 Å². The van der Waals surface area contributed by atoms with Crippen molar-refractivity contribution in [3.8, 4) is 0 Å². The van der Waals surface area contributed by atoms with Gasteiger partial charge >= 0.3 is 0 Å². The third kappa shape index (κ3) is 4.16. The minimum atomic E-state index is -0.573. The molecule has 5 nitrogen and oxygen atoms in total. The largest absolute Gasteiger partial charge is 0.387 e. The van der Waals surface area contributed by atoms with Crippen LogP contribution in [-0.4, -0.2) is 57.2 Å². The second-order valence-corrected chi connectivity index (χ2v) is 6.10. The summed E-state index contributed by atoms with van der Waals surface area (Å²) in [5.74, 6) is 0.800. The van der Waals surface area contributed by atoms with Gasteiger partial charge in [0.25, 0.3) is 0 Å². The molecule has 1 atom stereocenters. The van der Waals surface area contributed by atoms with Crippen molar-refractivity contribution in [2.24, 2.45) is 7.05 Å². The van der Waals surface area contributed by atoms with E-state index in [2.05, 4.69) is 14.8 Å². The zero-order valence-electron chi connectivity index (χ0n) is 13.4. The van der Waals surface area contributed by atoms with Crippen LogP contribution in [0.5, 0.6) is 0 Å². The molecular formula is C17H23FN4O. The Bertz CT molecular complexity index is 620. The van der Waals surface area contributed by atoms with E-state index < -0.39 is 6.10 Å². The molecule has 0 bridgehead atoms. The van der Waals surface area contributed by atoms with E-state index in [9.17, 15) is 9.50 Å². The molecule has 1 saturated heterocycles. The molecule has 0 saturated carbocycles. The zero-order chi connectivity index (χ0) is 16.2. The highest BCUT2D eigenvalue weighted by atomic mass is 19.1. The highest BCUT2D eigenvalue weighted by Gasteiger charge is 2.20. The quantitative estimate of drug-likeness (QED) is 0.905. The summed E-state index contributed by atoms with van der Waals surface area (Å²) in [7, 11) is 2.01. The maximum absolute atomic E-state index is 12.9. The topological polar surface area (TPSA) is 44.5 Å². The lowest BCUT2D eigenvalue weighted by Crippen LogP contribution is -2.47. The van der Waals surface area contributed by atoms with Gasteiger partial charge in [-0.25, -0.2) is 9.37 Å². The van der Waals surface area contributed by atoms with E-state index in [0.717, 1.165) is 44.1 Å². The van der Waals surface area contributed by atoms with Gasteiger partial charge in [0, 0.05) is 52.2 Å². The molecule has 0 aliphatic carbocycles. The van der Waals surface area contributed by atoms with E-state index in [-0.39, 0.29) is 5.82 Å². The highest BCUT2D eigenvalue weighted by Crippen LogP contribution is 2.16. The van der Waals surface area contributed by atoms with Crippen LogP contribution < -0.4 is 0 Å². The molecule has 1 aliphatic heterocycles. The van der Waals surface area contributed by atoms with Gasteiger partial charge in [-0.1, -0.05) is 12.1 Å². The summed E-state index contributed by atoms with van der Waals surface area (Å²) in [6.07, 6.45) is 3.21. The Morgan fingerprint density at radius 2 is 1.78 bits per heavy atom. The number of aliphatic hydroxyl groups is 1. The van der Waals surface area contributed by atoms with Crippen LogP contribution in [0.2, 0.25) is 0 Å². The predicted molar refractivity (Wildman–Crippen MR) is 86.3 cm³/mol. The second-order valence-electron chi connectivity index (χ2n) is 6.10. The first-order valence-electron chi connectivity index (χ1n) is 7.96. The van der Waals surface area contributed by atoms with Crippen LogP contribution in [0.15, 0.2) is 36.7 Å². The van der Waals surface area contributed by atoms with Crippen LogP contribution in [0.4, 0.5) is 4.39 Å². The van der Waals surface area contributed by atoms with E-state index in [1.165, 1.54) is 12.1 Å². The average Bonchev–Trinajstić information content (AvgIpc) is 2.95. The van der Waals surface area contributed by atoms with Crippen LogP contribution in [0.3, 0.4) is 0 Å². The summed E-state index contributed by atoms with van der Waals surface area (Å²) in [6, 6.07) is 6.08. The van der Waals surface area contributed by atoms with Crippen molar-refractivity contribution in [2.75, 3.05) is 32.7 Å². The van der Waals surface area contributed by atoms with Gasteiger partial charge in [-0.05, 0) is 17.7 Å². The summed E-state index contributed by atoms with van der Waals surface area (Å²) in [5.41, 5.74) is 0.766. The first-order valence-corrected chi connectivity index (χ1v) is 7.96. The summed E-state index contributed by atoms with van der Waals surface area (Å²) < 4.78 is 15.0. The van der Waals surface area contributed by atoms with Crippen molar-refractivity contribution in [1.82, 2.24) is 19.4 Å². The van der Waals surface area contributed by atoms with E-state index in [0.29, 0.717) is 6.54 Å². The van der Waals surface area contributed by atoms with Crippen molar-refractivity contribution in [1.29, 1.82) is 0 Å². The number of aryl methyl sites for hydroxylation is 1. The molecule has 0 amide bonds. The molecule has 1 N–H and O–H groups in total. The summed E-state index contributed by atoms with van der Waals surface area (Å²) in [6.45, 7) is 5.21. The molecule has 1 aliphatic rings. The molecule has 6 heteroatoms. The Morgan fingerprint density at radius 1 is 1.13 bits per heavy atom. The molecule has 2 heterocycles. The molecule has 1 aromatic carbocycles. The lowest BCUT2D eigenvalue weighted by molar-refractivity contribution is 0.0689. The maximum atomic E-state index is 12.9. The molecule has 2 aromatic rings. The number of hydrogen-bond donors (Lipinski definition) is 1. The number of piperazine rings is 1. The van der Waals surface area contributed by atoms with Crippen molar-refractivity contribution in [2.45, 2.75) is 12.6 Å². The Morgan fingerprint density at radius 3 is 2.39 bits per heavy atom. The minimum Gasteiger partial charge on any atom is -0.387 e. The summed E-state index contributed by atoms with van der Waals surface area (Å²) >= 11 is 0. The van der Waals surface area contributed by atoms with Gasteiger partial charge in [0.1, 0.15) is 11.6 Å². The van der Waals surface area contributed by atoms with Gasteiger partial charge in [0.15, 0.2) is 0 Å². The van der Waals surface area contributed by atoms with Crippen LogP contribution >= 0.6 is 0 Å². The predicted octanol–water partition coefficient (Wildman–Crippen LogP) is 1.41. The fraction of sp³-hybridized carbons (Fsp3) is 0.471. The smallest absolute Gasteiger partial charge is 0.123 e. The number of aliphatic hydroxyl groups excluding tert-OH is 1. The van der Waals surface area contributed by atoms with Crippen molar-refractivity contribution >= 4 is 0 Å². The SMILES string of the molecule is Cn1ccnc1CN1CCN(C[C@@H](O)c2ccc(F)cc2)CC1. The minimum absolute atomic E-state index is 0.274. The maximum Gasteiger partial charge on any atom is 0.123 e. The van der Waals surface area contributed by atoms with Gasteiger partial charge in [-0.15, -0.1) is 0 Å². The Kier molecular flexibility index (Phi) is 5.05. The van der Waals surface area contributed by atoms with Crippen LogP contribution in [0.25, 0.3) is 0 Å². The number of aromatic nitrogens is 2. The Labute approximate surface area is 136 Å². The second kappa shape index (κ2) is 7.21. The molecular weight excluding hydrogens is 295 g/mol. The first kappa shape index (κ1) is 16.1. The standard InChI is InChI=1S/C17H23FN4O/c1-20-7-6-19-17(20)13-22-10-8-21(9-11-22)12-16(23)14-2-4-15(18)5-3-14/h2-7,16,23H,8-13H2,1H3/t16-/m1/s1. The third-order valence-corrected chi connectivity index (χ3v) is 4.44. The highest BCUT2D eigenvalue weighted by molar-refractivity contribution is 5.18. The molecule has 3 rings (SSSR count). The molecule has 0 spiro atoms. The van der Waals surface area contributed by atoms with Gasteiger partial charge < -0.3 is 9.67 Å². The normalized spacial score (nSPS) is 18.2. The van der Waals surface area contributed by atoms with Gasteiger partial charge in [0.05, 0.1) is 12.6 Å². The van der Waals surface area contributed by atoms with Gasteiger partial charge in [-0.2, -0.15) is 0 Å². The number of β-amino-alcohol motifs (C(OH)–C–C–N with tert-alkyl or cyclic N) is 1. The third-order valence-electron chi connectivity index (χ3n) is 4.44. The lowest BCUT2D eigenvalue weighted by atomic mass is 10.1. The monoisotopic (exact) mass is 318 g/mol. The first-order chi connectivity index (χ1) is 11.1. The average molecular weight is 318 g/mol. The molecule has 124 valence electrons. The Hall–Kier alpha value is -1.76. The van der Waals surface area contributed by atoms with Gasteiger partial charge in [-0.3, -0.25) is 9.80 Å². The van der Waals surface area contributed by atoms with E-state index in [1.54, 1.807) is 12.1 Å². The van der Waals surface area contributed by atoms with Crippen molar-refractivity contribution in [3.05, 3.63) is 53.9 Å². The van der Waals surface area contributed by atoms with E-state index in [1.807, 2.05) is 24.0 Å². The molecule has 23 heavy (non-hydrogen) atoms. The Balaban J connectivity index is 1.47. The van der Waals surface area contributed by atoms with Crippen LogP contribution in [0, 0.1) is 5.82 Å². The van der Waals surface area contributed by atoms with Crippen molar-refractivity contribution in [3.63, 3.8) is 0 Å². The molecule has 0 unspecified atom stereocenters. The van der Waals surface area contributed by atoms with Gasteiger partial charge in [0.2, 0.25) is 0 Å². The number of benzene rings is 1. The molecule has 0 radical (unpaired) electrons. The number of nitrogens with zero attached hydrogens (tertiary/aromatic N) is 4. The fourth-order valence-electron chi connectivity index (χ4n) is 2.91. The lowest BCUT2D eigenvalue weighted by Gasteiger charge is -2.35. The zero-order valence-corrected chi connectivity index (χ0v) is 13.4. The van der Waals surface area contributed by atoms with E-state index in [4.69, 9.17) is 0 Å². The number of halogens is 1. The molecule has 1 fully saturated rings. The summed E-state index contributed by atoms with van der Waals surface area (Å²) in [5, 5.41) is 10.3. The number of imidazole rings is 1. The molecule has 1 aromatic heterocycles. The number of hydrogen-bond acceptors (Lipinski definition) is 4. The fourth-order valence-corrected chi connectivity index (χ4v) is 2.91. The van der Waals surface area contributed by atoms with Crippen molar-refractivity contribution < 1.29 is 9.50 Å².